The zero-order chi connectivity index (χ0) is 47.7. The van der Waals surface area contributed by atoms with Crippen LogP contribution in [-0.4, -0.2) is 75.5 Å². The van der Waals surface area contributed by atoms with Gasteiger partial charge in [0.05, 0.1) is 40.3 Å². The van der Waals surface area contributed by atoms with Crippen LogP contribution in [0.1, 0.15) is 219 Å². The Balaban J connectivity index is 4.27. The van der Waals surface area contributed by atoms with Gasteiger partial charge in [0.25, 0.3) is 0 Å². The summed E-state index contributed by atoms with van der Waals surface area (Å²) in [5.41, 5.74) is 0. The van der Waals surface area contributed by atoms with Crippen LogP contribution in [0.15, 0.2) is 72.9 Å². The average molecular weight is 910 g/mol. The number of allylic oxidation sites excluding steroid dienone is 12. The highest BCUT2D eigenvalue weighted by atomic mass is 16.6. The third-order valence-corrected chi connectivity index (χ3v) is 11.7. The zero-order valence-electron chi connectivity index (χ0n) is 42.6. The molecule has 0 saturated heterocycles. The monoisotopic (exact) mass is 910 g/mol. The van der Waals surface area contributed by atoms with Gasteiger partial charge in [-0.3, -0.25) is 9.59 Å². The molecule has 0 aromatic rings. The Morgan fingerprint density at radius 1 is 0.462 bits per heavy atom. The Hall–Kier alpha value is -3.23. The van der Waals surface area contributed by atoms with Gasteiger partial charge in [0.15, 0.2) is 6.10 Å². The van der Waals surface area contributed by atoms with Crippen molar-refractivity contribution in [2.45, 2.75) is 231 Å². The Kier molecular flexibility index (Phi) is 44.9. The summed E-state index contributed by atoms with van der Waals surface area (Å²) in [7, 11) is 5.40. The predicted molar refractivity (Wildman–Crippen MR) is 272 cm³/mol. The number of hydrogen-bond acceptors (Lipinski definition) is 7. The highest BCUT2D eigenvalue weighted by Crippen LogP contribution is 2.15. The van der Waals surface area contributed by atoms with E-state index in [1.807, 2.05) is 36.5 Å². The van der Waals surface area contributed by atoms with Crippen molar-refractivity contribution < 1.29 is 38.2 Å². The van der Waals surface area contributed by atoms with E-state index in [0.29, 0.717) is 12.8 Å². The number of nitrogens with zero attached hydrogens (tertiary/aromatic N) is 1. The first-order valence-electron chi connectivity index (χ1n) is 26.5. The van der Waals surface area contributed by atoms with Crippen LogP contribution in [0, 0.1) is 0 Å². The second-order valence-corrected chi connectivity index (χ2v) is 18.9. The van der Waals surface area contributed by atoms with Crippen molar-refractivity contribution >= 4 is 17.9 Å². The number of likely N-dealkylation sites (N-methyl/N-ethyl adjacent to an activating group) is 1. The maximum atomic E-state index is 12.8. The van der Waals surface area contributed by atoms with Crippen molar-refractivity contribution in [3.63, 3.8) is 0 Å². The number of esters is 2. The summed E-state index contributed by atoms with van der Waals surface area (Å²) in [6.07, 6.45) is 60.8. The largest absolute Gasteiger partial charge is 0.544 e. The molecule has 0 saturated carbocycles. The van der Waals surface area contributed by atoms with Crippen molar-refractivity contribution in [3.05, 3.63) is 72.9 Å². The fourth-order valence-electron chi connectivity index (χ4n) is 7.57. The summed E-state index contributed by atoms with van der Waals surface area (Å²) >= 11 is 0. The molecule has 0 rings (SSSR count). The van der Waals surface area contributed by atoms with Gasteiger partial charge in [0.1, 0.15) is 12.6 Å². The lowest BCUT2D eigenvalue weighted by atomic mass is 10.0. The summed E-state index contributed by atoms with van der Waals surface area (Å²) in [4.78, 5) is 37.1. The Labute approximate surface area is 400 Å². The van der Waals surface area contributed by atoms with E-state index in [4.69, 9.17) is 14.2 Å². The standard InChI is InChI=1S/C57H99NO7/c1-6-8-10-12-14-16-18-20-22-24-26-27-28-29-30-32-34-36-38-40-42-44-46-48-56(60)65-53(51-63-50-49-54(57(61)62)58(3,4)5)52-64-55(59)47-45-43-41-39-37-35-33-31-25-23-21-19-17-15-13-11-9-7-2/h11,13,15,17,19,21,23,25,29-31,33,53-54H,6-10,12,14,16,18,20,22,24,26-28,32,34-52H2,1-5H3/b13-11+,17-15+,21-19+,25-23+,30-29+,33-31+. The van der Waals surface area contributed by atoms with Gasteiger partial charge in [-0.25, -0.2) is 0 Å². The molecule has 0 radical (unpaired) electrons. The van der Waals surface area contributed by atoms with E-state index in [1.54, 1.807) is 21.1 Å². The molecular formula is C57H99NO7. The fraction of sp³-hybridized carbons (Fsp3) is 0.737. The molecule has 0 aromatic carbocycles. The minimum absolute atomic E-state index is 0.0276. The SMILES string of the molecule is CCC/C=C/C=C/C=C/C=C/C=C/CCCCCCCC(=O)OCC(COCCC(C(=O)[O-])[N+](C)(C)C)OC(=O)CCCCCCCCC/C=C/CCCCCCCCCCCCCC. The van der Waals surface area contributed by atoms with E-state index in [2.05, 4.69) is 50.3 Å². The molecule has 374 valence electrons. The molecule has 8 heteroatoms. The van der Waals surface area contributed by atoms with Gasteiger partial charge in [-0.2, -0.15) is 0 Å². The van der Waals surface area contributed by atoms with Crippen LogP contribution in [0.3, 0.4) is 0 Å². The van der Waals surface area contributed by atoms with Gasteiger partial charge in [-0.1, -0.05) is 215 Å². The van der Waals surface area contributed by atoms with Crippen LogP contribution in [0.4, 0.5) is 0 Å². The average Bonchev–Trinajstić information content (AvgIpc) is 3.27. The Morgan fingerprint density at radius 2 is 0.862 bits per heavy atom. The summed E-state index contributed by atoms with van der Waals surface area (Å²) < 4.78 is 17.2. The lowest BCUT2D eigenvalue weighted by molar-refractivity contribution is -0.889. The molecule has 65 heavy (non-hydrogen) atoms. The fourth-order valence-corrected chi connectivity index (χ4v) is 7.57. The minimum Gasteiger partial charge on any atom is -0.544 e. The van der Waals surface area contributed by atoms with Crippen molar-refractivity contribution in [3.8, 4) is 0 Å². The molecule has 0 aliphatic heterocycles. The number of carbonyl (C=O) groups is 3. The zero-order valence-corrected chi connectivity index (χ0v) is 42.6. The predicted octanol–water partition coefficient (Wildman–Crippen LogP) is 14.1. The van der Waals surface area contributed by atoms with Gasteiger partial charge in [-0.05, 0) is 57.8 Å². The van der Waals surface area contributed by atoms with Crippen LogP contribution in [0.25, 0.3) is 0 Å². The molecule has 0 fully saturated rings. The first-order chi connectivity index (χ1) is 31.6. The summed E-state index contributed by atoms with van der Waals surface area (Å²) in [6.45, 7) is 4.56. The van der Waals surface area contributed by atoms with Crippen LogP contribution in [-0.2, 0) is 28.6 Å². The number of unbranched alkanes of at least 4 members (excludes halogenated alkanes) is 25. The van der Waals surface area contributed by atoms with Crippen LogP contribution in [0.5, 0.6) is 0 Å². The first-order valence-corrected chi connectivity index (χ1v) is 26.5. The molecule has 8 nitrogen and oxygen atoms in total. The van der Waals surface area contributed by atoms with Gasteiger partial charge in [-0.15, -0.1) is 0 Å². The van der Waals surface area contributed by atoms with E-state index in [9.17, 15) is 19.5 Å². The maximum absolute atomic E-state index is 12.8. The van der Waals surface area contributed by atoms with E-state index in [-0.39, 0.29) is 42.7 Å². The number of carboxylic acids is 1. The normalized spacial score (nSPS) is 13.4. The second kappa shape index (κ2) is 47.3. The molecule has 0 amide bonds. The number of carboxylic acid groups (broad SMARTS) is 1. The van der Waals surface area contributed by atoms with Crippen molar-refractivity contribution in [1.82, 2.24) is 0 Å². The van der Waals surface area contributed by atoms with Gasteiger partial charge < -0.3 is 28.6 Å². The number of ether oxygens (including phenoxy) is 3. The van der Waals surface area contributed by atoms with Crippen LogP contribution in [0.2, 0.25) is 0 Å². The summed E-state index contributed by atoms with van der Waals surface area (Å²) in [6, 6.07) is -0.735. The molecule has 0 spiro atoms. The minimum atomic E-state index is -1.13. The molecule has 0 aromatic heterocycles. The summed E-state index contributed by atoms with van der Waals surface area (Å²) in [5.74, 6) is -1.77. The number of hydrogen-bond donors (Lipinski definition) is 0. The molecule has 0 aliphatic rings. The Bertz CT molecular complexity index is 1290. The van der Waals surface area contributed by atoms with Crippen molar-refractivity contribution in [1.29, 1.82) is 0 Å². The van der Waals surface area contributed by atoms with Crippen LogP contribution < -0.4 is 5.11 Å². The van der Waals surface area contributed by atoms with Crippen LogP contribution >= 0.6 is 0 Å². The number of quaternary nitrogens is 1. The molecule has 2 atom stereocenters. The quantitative estimate of drug-likeness (QED) is 0.0197. The molecule has 0 N–H and O–H groups in total. The first kappa shape index (κ1) is 61.8. The lowest BCUT2D eigenvalue weighted by Gasteiger charge is -2.34. The van der Waals surface area contributed by atoms with Gasteiger partial charge in [0.2, 0.25) is 0 Å². The number of rotatable bonds is 47. The van der Waals surface area contributed by atoms with Crippen molar-refractivity contribution in [2.75, 3.05) is 41.0 Å². The molecule has 0 bridgehead atoms. The maximum Gasteiger partial charge on any atom is 0.306 e. The highest BCUT2D eigenvalue weighted by molar-refractivity contribution is 5.70. The van der Waals surface area contributed by atoms with E-state index < -0.39 is 18.1 Å². The smallest absolute Gasteiger partial charge is 0.306 e. The van der Waals surface area contributed by atoms with E-state index in [0.717, 1.165) is 64.2 Å². The highest BCUT2D eigenvalue weighted by Gasteiger charge is 2.25. The molecule has 0 heterocycles. The summed E-state index contributed by atoms with van der Waals surface area (Å²) in [5, 5.41) is 11.7. The second-order valence-electron chi connectivity index (χ2n) is 18.9. The molecular weight excluding hydrogens is 811 g/mol. The molecule has 0 aliphatic carbocycles. The Morgan fingerprint density at radius 3 is 1.31 bits per heavy atom. The number of aliphatic carboxylic acids is 1. The van der Waals surface area contributed by atoms with Gasteiger partial charge in [0, 0.05) is 19.3 Å². The number of carbonyl (C=O) groups excluding carboxylic acids is 3. The lowest BCUT2D eigenvalue weighted by Crippen LogP contribution is -2.55. The van der Waals surface area contributed by atoms with E-state index >= 15 is 0 Å². The van der Waals surface area contributed by atoms with E-state index in [1.165, 1.54) is 122 Å². The molecule has 2 unspecified atom stereocenters. The topological polar surface area (TPSA) is 102 Å². The third kappa shape index (κ3) is 45.7. The van der Waals surface area contributed by atoms with Gasteiger partial charge >= 0.3 is 11.9 Å². The third-order valence-electron chi connectivity index (χ3n) is 11.7. The van der Waals surface area contributed by atoms with Crippen molar-refractivity contribution in [2.24, 2.45) is 0 Å².